The van der Waals surface area contributed by atoms with Crippen molar-refractivity contribution >= 4 is 23.8 Å². The maximum absolute atomic E-state index is 12.6. The third kappa shape index (κ3) is 4.14. The monoisotopic (exact) mass is 340 g/mol. The second-order valence-electron chi connectivity index (χ2n) is 7.35. The molecule has 1 saturated heterocycles. The first-order chi connectivity index (χ1) is 11.1. The van der Waals surface area contributed by atoms with E-state index >= 15 is 0 Å². The number of nitrogens with one attached hydrogen (secondary N) is 1. The summed E-state index contributed by atoms with van der Waals surface area (Å²) in [5, 5.41) is 12.2. The molecule has 1 spiro atoms. The maximum Gasteiger partial charge on any atom is 0.317 e. The molecule has 0 aromatic carbocycles. The number of amides is 2. The van der Waals surface area contributed by atoms with Gasteiger partial charge in [-0.05, 0) is 38.5 Å². The highest BCUT2D eigenvalue weighted by molar-refractivity contribution is 8.00. The van der Waals surface area contributed by atoms with Crippen LogP contribution in [0.5, 0.6) is 0 Å². The number of carboxylic acids is 1. The molecule has 0 aromatic rings. The van der Waals surface area contributed by atoms with Crippen molar-refractivity contribution < 1.29 is 14.7 Å². The van der Waals surface area contributed by atoms with E-state index in [2.05, 4.69) is 17.1 Å². The van der Waals surface area contributed by atoms with Crippen molar-refractivity contribution in [1.82, 2.24) is 10.2 Å². The number of carboxylic acid groups (broad SMARTS) is 1. The predicted molar refractivity (Wildman–Crippen MR) is 91.8 cm³/mol. The summed E-state index contributed by atoms with van der Waals surface area (Å²) in [6.07, 6.45) is 9.34. The van der Waals surface area contributed by atoms with E-state index < -0.39 is 5.97 Å². The summed E-state index contributed by atoms with van der Waals surface area (Å²) in [6, 6.07) is 0.212. The lowest BCUT2D eigenvalue weighted by molar-refractivity contribution is -0.142. The van der Waals surface area contributed by atoms with Crippen LogP contribution in [0, 0.1) is 5.92 Å². The van der Waals surface area contributed by atoms with E-state index in [1.54, 1.807) is 0 Å². The molecule has 2 saturated carbocycles. The van der Waals surface area contributed by atoms with Gasteiger partial charge in [-0.15, -0.1) is 0 Å². The van der Waals surface area contributed by atoms with Crippen LogP contribution in [0.2, 0.25) is 0 Å². The first kappa shape index (κ1) is 16.9. The van der Waals surface area contributed by atoms with Crippen LogP contribution in [0.1, 0.15) is 57.8 Å². The number of carbonyl (C=O) groups is 2. The van der Waals surface area contributed by atoms with Gasteiger partial charge in [0.2, 0.25) is 0 Å². The Labute approximate surface area is 142 Å². The van der Waals surface area contributed by atoms with Crippen molar-refractivity contribution in [3.63, 3.8) is 0 Å². The second-order valence-corrected chi connectivity index (χ2v) is 8.91. The summed E-state index contributed by atoms with van der Waals surface area (Å²) in [4.78, 5) is 25.6. The van der Waals surface area contributed by atoms with Gasteiger partial charge in [0.05, 0.1) is 5.92 Å². The van der Waals surface area contributed by atoms with Gasteiger partial charge in [-0.3, -0.25) is 4.79 Å². The van der Waals surface area contributed by atoms with Gasteiger partial charge in [0, 0.05) is 29.6 Å². The number of nitrogens with zero attached hydrogens (tertiary/aromatic N) is 1. The van der Waals surface area contributed by atoms with Crippen LogP contribution in [0.15, 0.2) is 0 Å². The maximum atomic E-state index is 12.6. The number of aliphatic carboxylic acids is 1. The zero-order chi connectivity index (χ0) is 16.3. The van der Waals surface area contributed by atoms with Crippen molar-refractivity contribution in [2.24, 2.45) is 5.92 Å². The molecule has 6 heteroatoms. The van der Waals surface area contributed by atoms with Gasteiger partial charge < -0.3 is 15.3 Å². The van der Waals surface area contributed by atoms with Crippen molar-refractivity contribution in [2.45, 2.75) is 68.6 Å². The molecule has 0 aromatic heterocycles. The zero-order valence-corrected chi connectivity index (χ0v) is 14.6. The molecule has 130 valence electrons. The second kappa shape index (κ2) is 7.32. The Hall–Kier alpha value is -0.910. The van der Waals surface area contributed by atoms with Crippen LogP contribution in [0.3, 0.4) is 0 Å². The van der Waals surface area contributed by atoms with Gasteiger partial charge in [0.25, 0.3) is 0 Å². The number of urea groups is 1. The third-order valence-corrected chi connectivity index (χ3v) is 7.24. The quantitative estimate of drug-likeness (QED) is 0.810. The van der Waals surface area contributed by atoms with E-state index in [1.807, 2.05) is 4.90 Å². The number of hydrogen-bond donors (Lipinski definition) is 2. The summed E-state index contributed by atoms with van der Waals surface area (Å²) in [5.41, 5.74) is 0. The Morgan fingerprint density at radius 3 is 2.43 bits per heavy atom. The number of hydrogen-bond acceptors (Lipinski definition) is 3. The lowest BCUT2D eigenvalue weighted by Gasteiger charge is -2.45. The Bertz CT molecular complexity index is 438. The molecule has 3 fully saturated rings. The van der Waals surface area contributed by atoms with E-state index in [1.165, 1.54) is 32.1 Å². The fourth-order valence-corrected chi connectivity index (χ4v) is 5.84. The minimum Gasteiger partial charge on any atom is -0.481 e. The van der Waals surface area contributed by atoms with Crippen LogP contribution in [-0.4, -0.2) is 51.6 Å². The topological polar surface area (TPSA) is 69.6 Å². The van der Waals surface area contributed by atoms with Gasteiger partial charge in [-0.25, -0.2) is 4.79 Å². The standard InChI is InChI=1S/C17H28N2O3S/c20-15(21)13-4-6-14(7-5-13)18-16(22)19-10-11-23-17(12-19)8-2-1-3-9-17/h13-14H,1-12H2,(H,18,22)(H,20,21). The highest BCUT2D eigenvalue weighted by Gasteiger charge is 2.39. The molecular weight excluding hydrogens is 312 g/mol. The lowest BCUT2D eigenvalue weighted by atomic mass is 9.86. The Morgan fingerprint density at radius 1 is 1.09 bits per heavy atom. The van der Waals surface area contributed by atoms with E-state index in [4.69, 9.17) is 5.11 Å². The first-order valence-corrected chi connectivity index (χ1v) is 9.99. The summed E-state index contributed by atoms with van der Waals surface area (Å²) in [7, 11) is 0. The molecule has 3 rings (SSSR count). The average Bonchev–Trinajstić information content (AvgIpc) is 2.56. The predicted octanol–water partition coefficient (Wildman–Crippen LogP) is 3.09. The molecule has 0 radical (unpaired) electrons. The largest absolute Gasteiger partial charge is 0.481 e. The van der Waals surface area contributed by atoms with Gasteiger partial charge in [-0.1, -0.05) is 19.3 Å². The molecule has 3 aliphatic rings. The highest BCUT2D eigenvalue weighted by Crippen LogP contribution is 2.42. The molecular formula is C17H28N2O3S. The van der Waals surface area contributed by atoms with Crippen molar-refractivity contribution in [3.05, 3.63) is 0 Å². The van der Waals surface area contributed by atoms with Crippen LogP contribution < -0.4 is 5.32 Å². The van der Waals surface area contributed by atoms with Crippen molar-refractivity contribution in [2.75, 3.05) is 18.8 Å². The Morgan fingerprint density at radius 2 is 1.78 bits per heavy atom. The lowest BCUT2D eigenvalue weighted by Crippen LogP contribution is -2.54. The van der Waals surface area contributed by atoms with Gasteiger partial charge >= 0.3 is 12.0 Å². The molecule has 2 aliphatic carbocycles. The molecule has 1 heterocycles. The van der Waals surface area contributed by atoms with E-state index in [0.717, 1.165) is 31.7 Å². The van der Waals surface area contributed by atoms with Crippen LogP contribution >= 0.6 is 11.8 Å². The van der Waals surface area contributed by atoms with E-state index in [0.29, 0.717) is 17.6 Å². The molecule has 2 amide bonds. The Kier molecular flexibility index (Phi) is 5.39. The van der Waals surface area contributed by atoms with Crippen molar-refractivity contribution in [1.29, 1.82) is 0 Å². The minimum absolute atomic E-state index is 0.0639. The van der Waals surface area contributed by atoms with E-state index in [-0.39, 0.29) is 18.0 Å². The number of thioether (sulfide) groups is 1. The van der Waals surface area contributed by atoms with Gasteiger partial charge in [0.15, 0.2) is 0 Å². The first-order valence-electron chi connectivity index (χ1n) is 9.00. The van der Waals surface area contributed by atoms with Crippen molar-refractivity contribution in [3.8, 4) is 0 Å². The van der Waals surface area contributed by atoms with Crippen LogP contribution in [0.25, 0.3) is 0 Å². The fourth-order valence-electron chi connectivity index (χ4n) is 4.27. The molecule has 2 N–H and O–H groups in total. The highest BCUT2D eigenvalue weighted by atomic mass is 32.2. The van der Waals surface area contributed by atoms with E-state index in [9.17, 15) is 9.59 Å². The summed E-state index contributed by atoms with van der Waals surface area (Å²) in [6.45, 7) is 1.72. The normalized spacial score (nSPS) is 30.9. The zero-order valence-electron chi connectivity index (χ0n) is 13.8. The number of carbonyl (C=O) groups excluding carboxylic acids is 1. The van der Waals surface area contributed by atoms with Crippen LogP contribution in [-0.2, 0) is 4.79 Å². The Balaban J connectivity index is 1.49. The minimum atomic E-state index is -0.693. The SMILES string of the molecule is O=C(O)C1CCC(NC(=O)N2CCSC3(CCCCC3)C2)CC1. The molecule has 23 heavy (non-hydrogen) atoms. The smallest absolute Gasteiger partial charge is 0.317 e. The molecule has 1 aliphatic heterocycles. The summed E-state index contributed by atoms with van der Waals surface area (Å²) < 4.78 is 0.300. The molecule has 0 bridgehead atoms. The molecule has 0 atom stereocenters. The summed E-state index contributed by atoms with van der Waals surface area (Å²) in [5.74, 6) is 0.126. The fraction of sp³-hybridized carbons (Fsp3) is 0.882. The van der Waals surface area contributed by atoms with Gasteiger partial charge in [0.1, 0.15) is 0 Å². The number of rotatable bonds is 2. The average molecular weight is 340 g/mol. The van der Waals surface area contributed by atoms with Gasteiger partial charge in [-0.2, -0.15) is 11.8 Å². The third-order valence-electron chi connectivity index (χ3n) is 5.70. The molecule has 5 nitrogen and oxygen atoms in total. The molecule has 0 unspecified atom stereocenters. The summed E-state index contributed by atoms with van der Waals surface area (Å²) >= 11 is 2.07. The van der Waals surface area contributed by atoms with Crippen LogP contribution in [0.4, 0.5) is 4.79 Å².